The molecule has 4 N–H and O–H groups in total. The lowest BCUT2D eigenvalue weighted by Crippen LogP contribution is -3.00. The molecule has 0 aliphatic heterocycles. The van der Waals surface area contributed by atoms with Crippen LogP contribution in [0.2, 0.25) is 0 Å². The van der Waals surface area contributed by atoms with Crippen LogP contribution in [0.25, 0.3) is 0 Å². The van der Waals surface area contributed by atoms with Gasteiger partial charge in [-0.25, -0.2) is 0 Å². The summed E-state index contributed by atoms with van der Waals surface area (Å²) in [5.41, 5.74) is -0.0842. The summed E-state index contributed by atoms with van der Waals surface area (Å²) in [4.78, 5) is 12.5. The lowest BCUT2D eigenvalue weighted by molar-refractivity contribution is -0.870. The predicted octanol–water partition coefficient (Wildman–Crippen LogP) is 1.22. The van der Waals surface area contributed by atoms with Gasteiger partial charge >= 0.3 is 0 Å². The van der Waals surface area contributed by atoms with E-state index in [1.165, 1.54) is 0 Å². The Balaban J connectivity index is 0.00000253. The molecule has 0 spiro atoms. The Morgan fingerprint density at radius 2 is 1.71 bits per heavy atom. The summed E-state index contributed by atoms with van der Waals surface area (Å²) < 4.78 is 0.912. The Kier molecular flexibility index (Phi) is 11.6. The molecule has 6 nitrogen and oxygen atoms in total. The number of amides is 1. The first-order valence-electron chi connectivity index (χ1n) is 14.9. The summed E-state index contributed by atoms with van der Waals surface area (Å²) in [7, 11) is 6.52. The van der Waals surface area contributed by atoms with Crippen LogP contribution in [-0.2, 0) is 4.79 Å². The molecule has 0 saturated heterocycles. The van der Waals surface area contributed by atoms with Crippen molar-refractivity contribution in [1.82, 2.24) is 5.32 Å². The van der Waals surface area contributed by atoms with Gasteiger partial charge in [0, 0.05) is 19.4 Å². The van der Waals surface area contributed by atoms with Gasteiger partial charge in [0.25, 0.3) is 0 Å². The Morgan fingerprint density at radius 3 is 2.37 bits per heavy atom. The molecule has 1 amide bonds. The molecular weight excluding hydrogens is 591 g/mol. The van der Waals surface area contributed by atoms with Crippen molar-refractivity contribution in [3.8, 4) is 0 Å². The maximum absolute atomic E-state index is 12.5. The van der Waals surface area contributed by atoms with Crippen molar-refractivity contribution >= 4 is 5.91 Å². The fourth-order valence-corrected chi connectivity index (χ4v) is 9.56. The summed E-state index contributed by atoms with van der Waals surface area (Å²) in [6.07, 6.45) is 7.84. The molecule has 4 aliphatic rings. The monoisotopic (exact) mass is 650 g/mol. The number of hydrogen-bond donors (Lipinski definition) is 4. The number of rotatable bonds is 8. The average Bonchev–Trinajstić information content (AvgIpc) is 3.15. The Bertz CT molecular complexity index is 790. The normalized spacial score (nSPS) is 43.0. The Labute approximate surface area is 250 Å². The second-order valence-corrected chi connectivity index (χ2v) is 14.8. The highest BCUT2D eigenvalue weighted by Crippen LogP contribution is 2.68. The third-order valence-corrected chi connectivity index (χ3v) is 11.7. The molecular formula is C31H59IN2O4. The van der Waals surface area contributed by atoms with Crippen molar-refractivity contribution in [2.24, 2.45) is 46.3 Å². The van der Waals surface area contributed by atoms with Crippen LogP contribution >= 0.6 is 0 Å². The molecule has 0 aromatic carbocycles. The van der Waals surface area contributed by atoms with Gasteiger partial charge in [-0.15, -0.1) is 0 Å². The smallest absolute Gasteiger partial charge is 0.220 e. The van der Waals surface area contributed by atoms with Gasteiger partial charge in [0.15, 0.2) is 0 Å². The van der Waals surface area contributed by atoms with Crippen molar-refractivity contribution < 1.29 is 48.6 Å². The first-order chi connectivity index (χ1) is 16.8. The fourth-order valence-electron chi connectivity index (χ4n) is 9.56. The zero-order valence-corrected chi connectivity index (χ0v) is 26.4. The molecule has 11 atom stereocenters. The average molecular weight is 651 g/mol. The summed E-state index contributed by atoms with van der Waals surface area (Å²) >= 11 is 0. The number of halogens is 1. The molecule has 0 radical (unpaired) electrons. The number of nitrogens with one attached hydrogen (secondary N) is 1. The zero-order valence-electron chi connectivity index (χ0n) is 24.3. The highest BCUT2D eigenvalue weighted by Gasteiger charge is 2.65. The number of fused-ring (bicyclic) bond motifs is 5. The van der Waals surface area contributed by atoms with E-state index in [0.717, 1.165) is 75.4 Å². The molecule has 7 heteroatoms. The standard InChI is InChI=1S/C30H54N2O4.CH4.HI/c1-19(8-11-27(36)31-14-7-15-32(4,5)6)22-9-10-23-28-24(18-26(35)30(22,23)3)29(2)13-12-21(33)16-20(29)17-25(28)34;;/h19-26,28,33-35H,7-18H2,1-6H3;1H4;1H/t19-,20?,21-,22-,23?,24?,25-,26+,28?,29+,30-;;/m1../s1. The molecule has 0 aromatic rings. The number of aliphatic hydroxyl groups is 3. The van der Waals surface area contributed by atoms with E-state index in [1.54, 1.807) is 0 Å². The number of hydrogen-bond acceptors (Lipinski definition) is 4. The second-order valence-electron chi connectivity index (χ2n) is 14.8. The third-order valence-electron chi connectivity index (χ3n) is 11.7. The van der Waals surface area contributed by atoms with Crippen LogP contribution in [0.1, 0.15) is 92.4 Å². The molecule has 4 rings (SSSR count). The Morgan fingerprint density at radius 1 is 1.03 bits per heavy atom. The van der Waals surface area contributed by atoms with Crippen LogP contribution in [0.3, 0.4) is 0 Å². The first-order valence-corrected chi connectivity index (χ1v) is 14.9. The highest BCUT2D eigenvalue weighted by atomic mass is 127. The van der Waals surface area contributed by atoms with Crippen molar-refractivity contribution in [1.29, 1.82) is 0 Å². The minimum atomic E-state index is -0.363. The van der Waals surface area contributed by atoms with E-state index in [0.29, 0.717) is 36.0 Å². The molecule has 4 unspecified atom stereocenters. The van der Waals surface area contributed by atoms with Crippen molar-refractivity contribution in [2.75, 3.05) is 34.2 Å². The van der Waals surface area contributed by atoms with Crippen LogP contribution in [-0.4, -0.2) is 78.3 Å². The van der Waals surface area contributed by atoms with Gasteiger partial charge in [0.2, 0.25) is 5.91 Å². The van der Waals surface area contributed by atoms with E-state index >= 15 is 0 Å². The molecule has 4 fully saturated rings. The second kappa shape index (κ2) is 12.9. The minimum absolute atomic E-state index is 0. The van der Waals surface area contributed by atoms with Crippen molar-refractivity contribution in [3.05, 3.63) is 0 Å². The van der Waals surface area contributed by atoms with E-state index in [-0.39, 0.29) is 72.4 Å². The minimum Gasteiger partial charge on any atom is -1.00 e. The van der Waals surface area contributed by atoms with Crippen LogP contribution in [0.4, 0.5) is 0 Å². The van der Waals surface area contributed by atoms with Crippen LogP contribution in [0, 0.1) is 46.3 Å². The molecule has 224 valence electrons. The quantitative estimate of drug-likeness (QED) is 0.181. The van der Waals surface area contributed by atoms with Gasteiger partial charge in [-0.05, 0) is 97.7 Å². The van der Waals surface area contributed by atoms with E-state index in [1.807, 2.05) is 0 Å². The van der Waals surface area contributed by atoms with E-state index < -0.39 is 0 Å². The summed E-state index contributed by atoms with van der Waals surface area (Å²) in [6.45, 7) is 8.74. The number of carbonyl (C=O) groups is 1. The third kappa shape index (κ3) is 6.57. The molecule has 4 saturated carbocycles. The number of carbonyl (C=O) groups excluding carboxylic acids is 1. The van der Waals surface area contributed by atoms with Crippen LogP contribution < -0.4 is 29.3 Å². The number of nitrogens with zero attached hydrogens (tertiary/aromatic N) is 1. The summed E-state index contributed by atoms with van der Waals surface area (Å²) in [5, 5.41) is 36.6. The molecule has 0 heterocycles. The topological polar surface area (TPSA) is 89.8 Å². The van der Waals surface area contributed by atoms with Gasteiger partial charge < -0.3 is 49.1 Å². The number of aliphatic hydroxyl groups excluding tert-OH is 3. The summed E-state index contributed by atoms with van der Waals surface area (Å²) in [5.74, 6) is 2.17. The van der Waals surface area contributed by atoms with E-state index in [9.17, 15) is 20.1 Å². The molecule has 0 bridgehead atoms. The van der Waals surface area contributed by atoms with Gasteiger partial charge in [-0.2, -0.15) is 0 Å². The van der Waals surface area contributed by atoms with Gasteiger partial charge in [-0.1, -0.05) is 28.2 Å². The van der Waals surface area contributed by atoms with Crippen molar-refractivity contribution in [2.45, 2.75) is 111 Å². The predicted molar refractivity (Wildman–Crippen MR) is 150 cm³/mol. The molecule has 0 aromatic heterocycles. The van der Waals surface area contributed by atoms with E-state index in [2.05, 4.69) is 47.2 Å². The fraction of sp³-hybridized carbons (Fsp3) is 0.968. The summed E-state index contributed by atoms with van der Waals surface area (Å²) in [6, 6.07) is 0. The Hall–Kier alpha value is 0.0400. The van der Waals surface area contributed by atoms with Gasteiger partial charge in [-0.3, -0.25) is 4.79 Å². The maximum Gasteiger partial charge on any atom is 0.220 e. The lowest BCUT2D eigenvalue weighted by Gasteiger charge is -2.63. The SMILES string of the molecule is C.C[C@H](CCC(=O)NCCC[N+](C)(C)C)[C@H]1CCC2C3C(C[C@H](O)[C@@]21C)[C@@]1(C)CC[C@@H](O)CC1C[C@H]3O.[I-]. The first kappa shape index (κ1) is 34.2. The zero-order chi connectivity index (χ0) is 26.5. The van der Waals surface area contributed by atoms with E-state index in [4.69, 9.17) is 0 Å². The maximum atomic E-state index is 12.5. The van der Waals surface area contributed by atoms with Gasteiger partial charge in [0.1, 0.15) is 0 Å². The highest BCUT2D eigenvalue weighted by molar-refractivity contribution is 5.75. The van der Waals surface area contributed by atoms with Crippen LogP contribution in [0.15, 0.2) is 0 Å². The largest absolute Gasteiger partial charge is 1.00 e. The van der Waals surface area contributed by atoms with Gasteiger partial charge in [0.05, 0.1) is 46.0 Å². The molecule has 38 heavy (non-hydrogen) atoms. The van der Waals surface area contributed by atoms with Crippen molar-refractivity contribution in [3.63, 3.8) is 0 Å². The van der Waals surface area contributed by atoms with Crippen LogP contribution in [0.5, 0.6) is 0 Å². The lowest BCUT2D eigenvalue weighted by atomic mass is 9.43. The molecule has 4 aliphatic carbocycles. The number of quaternary nitrogens is 1.